The number of pyridine rings is 2. The number of hydrogen-bond acceptors (Lipinski definition) is 2. The van der Waals surface area contributed by atoms with Gasteiger partial charge in [-0.1, -0.05) is 265 Å². The van der Waals surface area contributed by atoms with E-state index in [0.29, 0.717) is 10.8 Å². The molecular formula is C54H110N2. The molecule has 4 aromatic rings. The minimum absolute atomic E-state index is 0. The van der Waals surface area contributed by atoms with Crippen molar-refractivity contribution in [3.8, 4) is 0 Å². The zero-order chi connectivity index (χ0) is 38.5. The van der Waals surface area contributed by atoms with E-state index in [4.69, 9.17) is 0 Å². The van der Waals surface area contributed by atoms with Gasteiger partial charge >= 0.3 is 0 Å². The van der Waals surface area contributed by atoms with E-state index in [1.807, 2.05) is 80.0 Å². The van der Waals surface area contributed by atoms with Crippen LogP contribution in [0.25, 0.3) is 0 Å². The van der Waals surface area contributed by atoms with E-state index in [2.05, 4.69) is 172 Å². The van der Waals surface area contributed by atoms with E-state index in [0.717, 1.165) is 0 Å². The van der Waals surface area contributed by atoms with Crippen LogP contribution < -0.4 is 0 Å². The summed E-state index contributed by atoms with van der Waals surface area (Å²) in [5.74, 6) is 0. The van der Waals surface area contributed by atoms with Crippen LogP contribution in [-0.2, 0) is 21.7 Å². The van der Waals surface area contributed by atoms with Gasteiger partial charge in [-0.05, 0) is 62.1 Å². The molecule has 0 spiro atoms. The molecule has 0 N–H and O–H groups in total. The van der Waals surface area contributed by atoms with Gasteiger partial charge in [-0.25, -0.2) is 0 Å². The predicted molar refractivity (Wildman–Crippen MR) is 275 cm³/mol. The molecule has 0 amide bonds. The molecule has 0 saturated carbocycles. The summed E-state index contributed by atoms with van der Waals surface area (Å²) in [5.41, 5.74) is 6.49. The Bertz CT molecular complexity index is 975. The van der Waals surface area contributed by atoms with Crippen LogP contribution >= 0.6 is 0 Å². The number of benzene rings is 2. The van der Waals surface area contributed by atoms with Crippen LogP contribution in [-0.4, -0.2) is 9.97 Å². The van der Waals surface area contributed by atoms with Gasteiger partial charge in [0.25, 0.3) is 0 Å². The highest BCUT2D eigenvalue weighted by atomic mass is 14.6. The Balaban J connectivity index is -0.0000000415. The fraction of sp³-hybridized carbons (Fsp3) is 0.593. The summed E-state index contributed by atoms with van der Waals surface area (Å²) in [7, 11) is 0. The number of nitrogens with zero attached hydrogens (tertiary/aromatic N) is 2. The molecule has 56 heavy (non-hydrogen) atoms. The molecule has 2 nitrogen and oxygen atoms in total. The van der Waals surface area contributed by atoms with Crippen LogP contribution in [0.15, 0.2) is 110 Å². The average molecular weight is 787 g/mol. The van der Waals surface area contributed by atoms with Gasteiger partial charge in [0.2, 0.25) is 0 Å². The molecule has 0 aliphatic rings. The molecule has 2 aromatic heterocycles. The third-order valence-corrected chi connectivity index (χ3v) is 6.35. The van der Waals surface area contributed by atoms with E-state index < -0.39 is 0 Å². The predicted octanol–water partition coefficient (Wildman–Crippen LogP) is 19.9. The molecule has 2 heterocycles. The molecule has 336 valence electrons. The Hall–Kier alpha value is -3.26. The van der Waals surface area contributed by atoms with Gasteiger partial charge in [0, 0.05) is 24.8 Å². The topological polar surface area (TPSA) is 25.8 Å². The highest BCUT2D eigenvalue weighted by Gasteiger charge is 2.13. The fourth-order valence-electron chi connectivity index (χ4n) is 3.53. The summed E-state index contributed by atoms with van der Waals surface area (Å²) in [6.45, 7) is 42.5. The number of rotatable bonds is 0. The largest absolute Gasteiger partial charge is 0.265 e. The summed E-state index contributed by atoms with van der Waals surface area (Å²) in [5, 5.41) is 0. The minimum atomic E-state index is 0. The van der Waals surface area contributed by atoms with E-state index in [1.165, 1.54) is 22.3 Å². The zero-order valence-corrected chi connectivity index (χ0v) is 35.3. The van der Waals surface area contributed by atoms with Gasteiger partial charge in [-0.3, -0.25) is 9.97 Å². The molecule has 0 aliphatic carbocycles. The molecule has 0 saturated heterocycles. The molecule has 0 radical (unpaired) electrons. The van der Waals surface area contributed by atoms with E-state index in [1.54, 1.807) is 6.20 Å². The monoisotopic (exact) mass is 787 g/mol. The molecule has 0 bridgehead atoms. The molecule has 0 aliphatic heterocycles. The van der Waals surface area contributed by atoms with E-state index in [-0.39, 0.29) is 70.2 Å². The van der Waals surface area contributed by atoms with Gasteiger partial charge < -0.3 is 0 Å². The fourth-order valence-corrected chi connectivity index (χ4v) is 3.53. The van der Waals surface area contributed by atoms with Crippen molar-refractivity contribution in [2.75, 3.05) is 0 Å². The minimum Gasteiger partial charge on any atom is -0.265 e. The van der Waals surface area contributed by atoms with Gasteiger partial charge in [0.15, 0.2) is 0 Å². The molecule has 0 atom stereocenters. The summed E-state index contributed by atoms with van der Waals surface area (Å²) in [4.78, 5) is 8.01. The number of aromatic nitrogens is 2. The Labute approximate surface area is 360 Å². The third-order valence-electron chi connectivity index (χ3n) is 6.35. The highest BCUT2D eigenvalue weighted by molar-refractivity contribution is 5.23. The van der Waals surface area contributed by atoms with Crippen molar-refractivity contribution in [1.82, 2.24) is 9.97 Å². The molecule has 0 unspecified atom stereocenters. The van der Waals surface area contributed by atoms with Gasteiger partial charge in [0.1, 0.15) is 0 Å². The Morgan fingerprint density at radius 2 is 0.500 bits per heavy atom. The van der Waals surface area contributed by atoms with Crippen molar-refractivity contribution in [2.45, 2.75) is 220 Å². The highest BCUT2D eigenvalue weighted by Crippen LogP contribution is 2.22. The van der Waals surface area contributed by atoms with Crippen LogP contribution in [0.4, 0.5) is 0 Å². The zero-order valence-electron chi connectivity index (χ0n) is 35.3. The Kier molecular flexibility index (Phi) is 72.7. The average Bonchev–Trinajstić information content (AvgIpc) is 3.09. The Morgan fingerprint density at radius 3 is 0.661 bits per heavy atom. The van der Waals surface area contributed by atoms with Crippen LogP contribution in [0.2, 0.25) is 0 Å². The smallest absolute Gasteiger partial charge is 0.0305 e. The Morgan fingerprint density at radius 1 is 0.268 bits per heavy atom. The summed E-state index contributed by atoms with van der Waals surface area (Å²) in [6.07, 6.45) is 7.39. The first kappa shape index (κ1) is 85.1. The molecule has 0 fully saturated rings. The maximum atomic E-state index is 4.05. The van der Waals surface area contributed by atoms with Gasteiger partial charge in [-0.15, -0.1) is 0 Å². The second-order valence-corrected chi connectivity index (χ2v) is 14.2. The van der Waals surface area contributed by atoms with Gasteiger partial charge in [0.05, 0.1) is 0 Å². The second-order valence-electron chi connectivity index (χ2n) is 14.2. The standard InChI is InChI=1S/2C10H14.2C9H13N.4C2H6.8CH4/c2*1-10(2,3)9-7-5-4-6-8-9;1-9(2,3)8-4-6-10-7-5-8;1-9(2,3)8-5-4-6-10-7-8;4*1-2;;;;;;;;/h2*4-8H,1-3H3;2*4-7H,1-3H3;4*1-2H3;8*1H4. The van der Waals surface area contributed by atoms with Crippen LogP contribution in [0.1, 0.15) is 220 Å². The first-order valence-electron chi connectivity index (χ1n) is 18.3. The second kappa shape index (κ2) is 47.9. The number of hydrogen-bond donors (Lipinski definition) is 0. The van der Waals surface area contributed by atoms with Crippen LogP contribution in [0.3, 0.4) is 0 Å². The molecule has 2 heteroatoms. The lowest BCUT2D eigenvalue weighted by atomic mass is 9.87. The SMILES string of the molecule is C.C.C.C.C.C.C.C.CC.CC.CC.CC.CC(C)(C)c1ccccc1.CC(C)(C)c1ccccc1.CC(C)(C)c1cccnc1.CC(C)(C)c1ccncc1. The lowest BCUT2D eigenvalue weighted by molar-refractivity contribution is 0.587. The first-order valence-corrected chi connectivity index (χ1v) is 18.3. The van der Waals surface area contributed by atoms with Crippen molar-refractivity contribution < 1.29 is 0 Å². The quantitative estimate of drug-likeness (QED) is 0.177. The van der Waals surface area contributed by atoms with Crippen molar-refractivity contribution >= 4 is 0 Å². The maximum Gasteiger partial charge on any atom is 0.0305 e. The summed E-state index contributed by atoms with van der Waals surface area (Å²) >= 11 is 0. The first-order chi connectivity index (χ1) is 22.4. The lowest BCUT2D eigenvalue weighted by Crippen LogP contribution is -2.10. The third kappa shape index (κ3) is 45.1. The normalized spacial score (nSPS) is 8.64. The van der Waals surface area contributed by atoms with Crippen molar-refractivity contribution in [3.05, 3.63) is 132 Å². The van der Waals surface area contributed by atoms with Crippen molar-refractivity contribution in [1.29, 1.82) is 0 Å². The van der Waals surface area contributed by atoms with E-state index >= 15 is 0 Å². The molecule has 4 rings (SSSR count). The van der Waals surface area contributed by atoms with Crippen molar-refractivity contribution in [2.24, 2.45) is 0 Å². The van der Waals surface area contributed by atoms with Crippen LogP contribution in [0, 0.1) is 0 Å². The molecular weight excluding hydrogens is 677 g/mol. The summed E-state index contributed by atoms with van der Waals surface area (Å²) in [6, 6.07) is 29.3. The summed E-state index contributed by atoms with van der Waals surface area (Å²) < 4.78 is 0. The van der Waals surface area contributed by atoms with E-state index in [9.17, 15) is 0 Å². The van der Waals surface area contributed by atoms with Gasteiger partial charge in [-0.2, -0.15) is 0 Å². The molecule has 2 aromatic carbocycles. The van der Waals surface area contributed by atoms with Crippen LogP contribution in [0.5, 0.6) is 0 Å². The maximum absolute atomic E-state index is 4.05. The lowest BCUT2D eigenvalue weighted by Gasteiger charge is -2.18. The van der Waals surface area contributed by atoms with Crippen molar-refractivity contribution in [3.63, 3.8) is 0 Å².